The molecule has 2 saturated heterocycles. The number of carbonyl (C=O) groups excluding carboxylic acids is 1. The lowest BCUT2D eigenvalue weighted by Gasteiger charge is -2.37. The summed E-state index contributed by atoms with van der Waals surface area (Å²) in [5.74, 6) is 0.417. The number of aryl methyl sites for hydroxylation is 2. The van der Waals surface area contributed by atoms with Crippen LogP contribution < -0.4 is 4.74 Å². The molecular formula is C28H35N3O4. The Balaban J connectivity index is 1.35. The number of likely N-dealkylation sites (tertiary alicyclic amines) is 1. The fraction of sp³-hybridized carbons (Fsp3) is 0.500. The molecule has 1 amide bonds. The summed E-state index contributed by atoms with van der Waals surface area (Å²) in [6.07, 6.45) is 2.27. The van der Waals surface area contributed by atoms with Gasteiger partial charge in [0, 0.05) is 37.9 Å². The number of hydrogen-bond donors (Lipinski definition) is 0. The second-order valence-electron chi connectivity index (χ2n) is 9.71. The van der Waals surface area contributed by atoms with E-state index in [1.54, 1.807) is 5.01 Å². The van der Waals surface area contributed by atoms with Crippen LogP contribution in [-0.4, -0.2) is 66.8 Å². The van der Waals surface area contributed by atoms with Gasteiger partial charge in [-0.3, -0.25) is 9.69 Å². The second-order valence-corrected chi connectivity index (χ2v) is 9.71. The molecule has 3 aliphatic rings. The van der Waals surface area contributed by atoms with Gasteiger partial charge in [-0.25, -0.2) is 5.01 Å². The van der Waals surface area contributed by atoms with E-state index in [-0.39, 0.29) is 11.9 Å². The molecule has 35 heavy (non-hydrogen) atoms. The van der Waals surface area contributed by atoms with Crippen molar-refractivity contribution >= 4 is 11.6 Å². The number of hydrazone groups is 1. The fourth-order valence-corrected chi connectivity index (χ4v) is 5.35. The first-order valence-electron chi connectivity index (χ1n) is 12.7. The first-order valence-corrected chi connectivity index (χ1v) is 12.7. The molecule has 3 aliphatic heterocycles. The normalized spacial score (nSPS) is 22.0. The lowest BCUT2D eigenvalue weighted by molar-refractivity contribution is -0.186. The van der Waals surface area contributed by atoms with Gasteiger partial charge < -0.3 is 14.2 Å². The van der Waals surface area contributed by atoms with Gasteiger partial charge in [0.25, 0.3) is 5.91 Å². The summed E-state index contributed by atoms with van der Waals surface area (Å²) >= 11 is 0. The summed E-state index contributed by atoms with van der Waals surface area (Å²) in [7, 11) is 0. The lowest BCUT2D eigenvalue weighted by atomic mass is 9.95. The minimum absolute atomic E-state index is 0.0212. The third-order valence-electron chi connectivity index (χ3n) is 7.22. The molecule has 1 atom stereocenters. The van der Waals surface area contributed by atoms with E-state index in [4.69, 9.17) is 19.3 Å². The average Bonchev–Trinajstić information content (AvgIpc) is 3.49. The number of rotatable bonds is 6. The number of amides is 1. The molecule has 0 aromatic heterocycles. The van der Waals surface area contributed by atoms with E-state index in [0.717, 1.165) is 48.5 Å². The predicted molar refractivity (Wildman–Crippen MR) is 135 cm³/mol. The molecule has 7 heteroatoms. The van der Waals surface area contributed by atoms with Crippen LogP contribution in [0.25, 0.3) is 0 Å². The van der Waals surface area contributed by atoms with Crippen molar-refractivity contribution in [3.63, 3.8) is 0 Å². The largest absolute Gasteiger partial charge is 0.494 e. The van der Waals surface area contributed by atoms with Gasteiger partial charge in [0.15, 0.2) is 5.79 Å². The van der Waals surface area contributed by atoms with Crippen molar-refractivity contribution < 1.29 is 19.0 Å². The van der Waals surface area contributed by atoms with Crippen LogP contribution in [-0.2, 0) is 14.3 Å². The van der Waals surface area contributed by atoms with Crippen molar-refractivity contribution in [1.29, 1.82) is 0 Å². The van der Waals surface area contributed by atoms with Gasteiger partial charge >= 0.3 is 0 Å². The first kappa shape index (κ1) is 24.0. The number of hydrogen-bond acceptors (Lipinski definition) is 6. The maximum Gasteiger partial charge on any atom is 0.257 e. The summed E-state index contributed by atoms with van der Waals surface area (Å²) in [5, 5.41) is 6.60. The zero-order valence-corrected chi connectivity index (χ0v) is 21.0. The van der Waals surface area contributed by atoms with Crippen LogP contribution in [0, 0.1) is 13.8 Å². The molecule has 7 nitrogen and oxygen atoms in total. The molecule has 186 valence electrons. The molecule has 2 fully saturated rings. The van der Waals surface area contributed by atoms with Gasteiger partial charge in [-0.05, 0) is 44.0 Å². The Morgan fingerprint density at radius 2 is 1.80 bits per heavy atom. The van der Waals surface area contributed by atoms with Crippen molar-refractivity contribution in [2.45, 2.75) is 51.9 Å². The number of nitrogens with zero attached hydrogens (tertiary/aromatic N) is 3. The quantitative estimate of drug-likeness (QED) is 0.624. The molecular weight excluding hydrogens is 442 g/mol. The Kier molecular flexibility index (Phi) is 6.91. The van der Waals surface area contributed by atoms with Crippen molar-refractivity contribution in [1.82, 2.24) is 9.91 Å². The molecule has 0 aliphatic carbocycles. The maximum absolute atomic E-state index is 13.6. The summed E-state index contributed by atoms with van der Waals surface area (Å²) in [6.45, 7) is 10.0. The molecule has 0 unspecified atom stereocenters. The molecule has 5 rings (SSSR count). The zero-order chi connectivity index (χ0) is 24.4. The smallest absolute Gasteiger partial charge is 0.257 e. The van der Waals surface area contributed by atoms with Gasteiger partial charge in [-0.2, -0.15) is 5.10 Å². The van der Waals surface area contributed by atoms with Crippen LogP contribution in [0.15, 0.2) is 47.6 Å². The number of piperidine rings is 1. The molecule has 2 aromatic rings. The minimum Gasteiger partial charge on any atom is -0.494 e. The lowest BCUT2D eigenvalue weighted by Crippen LogP contribution is -2.48. The molecule has 0 saturated carbocycles. The fourth-order valence-electron chi connectivity index (χ4n) is 5.35. The highest BCUT2D eigenvalue weighted by atomic mass is 16.7. The van der Waals surface area contributed by atoms with E-state index in [9.17, 15) is 4.79 Å². The molecule has 0 bridgehead atoms. The zero-order valence-electron chi connectivity index (χ0n) is 21.0. The minimum atomic E-state index is -0.438. The Labute approximate surface area is 207 Å². The van der Waals surface area contributed by atoms with E-state index in [1.807, 2.05) is 19.1 Å². The molecule has 1 spiro atoms. The summed E-state index contributed by atoms with van der Waals surface area (Å²) in [6, 6.07) is 14.3. The molecule has 0 radical (unpaired) electrons. The van der Waals surface area contributed by atoms with E-state index in [2.05, 4.69) is 49.1 Å². The van der Waals surface area contributed by atoms with Gasteiger partial charge in [-0.15, -0.1) is 0 Å². The Morgan fingerprint density at radius 1 is 1.09 bits per heavy atom. The average molecular weight is 478 g/mol. The van der Waals surface area contributed by atoms with Gasteiger partial charge in [-0.1, -0.05) is 35.9 Å². The SMILES string of the molecule is CCOc1ccc([C@H]2CC(c3ccc(C)cc3C)=NN2C(=O)CN2CCC3(CC2)OCCO3)cc1. The summed E-state index contributed by atoms with van der Waals surface area (Å²) in [5.41, 5.74) is 5.54. The summed E-state index contributed by atoms with van der Waals surface area (Å²) in [4.78, 5) is 15.8. The predicted octanol–water partition coefficient (Wildman–Crippen LogP) is 4.22. The highest BCUT2D eigenvalue weighted by molar-refractivity contribution is 6.04. The van der Waals surface area contributed by atoms with Gasteiger partial charge in [0.05, 0.1) is 38.1 Å². The Hall–Kier alpha value is -2.74. The van der Waals surface area contributed by atoms with E-state index in [0.29, 0.717) is 32.8 Å². The van der Waals surface area contributed by atoms with Crippen LogP contribution in [0.4, 0.5) is 0 Å². The third-order valence-corrected chi connectivity index (χ3v) is 7.22. The monoisotopic (exact) mass is 477 g/mol. The van der Waals surface area contributed by atoms with Crippen LogP contribution in [0.3, 0.4) is 0 Å². The number of ether oxygens (including phenoxy) is 3. The Morgan fingerprint density at radius 3 is 2.46 bits per heavy atom. The van der Waals surface area contributed by atoms with Gasteiger partial charge in [0.2, 0.25) is 0 Å². The van der Waals surface area contributed by atoms with Crippen molar-refractivity contribution in [2.75, 3.05) is 39.5 Å². The molecule has 2 aromatic carbocycles. The van der Waals surface area contributed by atoms with E-state index < -0.39 is 5.79 Å². The number of carbonyl (C=O) groups is 1. The highest BCUT2D eigenvalue weighted by Gasteiger charge is 2.41. The molecule has 3 heterocycles. The van der Waals surface area contributed by atoms with Crippen molar-refractivity contribution in [3.8, 4) is 5.75 Å². The topological polar surface area (TPSA) is 63.6 Å². The summed E-state index contributed by atoms with van der Waals surface area (Å²) < 4.78 is 17.3. The molecule has 0 N–H and O–H groups in total. The first-order chi connectivity index (χ1) is 17.0. The van der Waals surface area contributed by atoms with Crippen LogP contribution in [0.2, 0.25) is 0 Å². The standard InChI is InChI=1S/C28H35N3O4/c1-4-33-23-8-6-22(7-9-23)26-18-25(24-10-5-20(2)17-21(24)3)29-31(26)27(32)19-30-13-11-28(12-14-30)34-15-16-35-28/h5-10,17,26H,4,11-16,18-19H2,1-3H3/t26-/m1/s1. The number of benzene rings is 2. The van der Waals surface area contributed by atoms with Crippen LogP contribution in [0.1, 0.15) is 54.5 Å². The van der Waals surface area contributed by atoms with Crippen molar-refractivity contribution in [2.24, 2.45) is 5.10 Å². The van der Waals surface area contributed by atoms with Gasteiger partial charge in [0.1, 0.15) is 5.75 Å². The maximum atomic E-state index is 13.6. The van der Waals surface area contributed by atoms with Crippen LogP contribution >= 0.6 is 0 Å². The van der Waals surface area contributed by atoms with E-state index in [1.165, 1.54) is 11.1 Å². The third kappa shape index (κ3) is 5.13. The van der Waals surface area contributed by atoms with Crippen molar-refractivity contribution in [3.05, 3.63) is 64.7 Å². The Bertz CT molecular complexity index is 1080. The van der Waals surface area contributed by atoms with E-state index >= 15 is 0 Å². The second kappa shape index (κ2) is 10.1. The highest BCUT2D eigenvalue weighted by Crippen LogP contribution is 2.35. The van der Waals surface area contributed by atoms with Crippen LogP contribution in [0.5, 0.6) is 5.75 Å².